The van der Waals surface area contributed by atoms with E-state index in [1.807, 2.05) is 30.3 Å². The maximum absolute atomic E-state index is 12.3. The lowest BCUT2D eigenvalue weighted by Crippen LogP contribution is -2.21. The molecule has 1 heterocycles. The Morgan fingerprint density at radius 2 is 1.91 bits per heavy atom. The average molecular weight is 315 g/mol. The summed E-state index contributed by atoms with van der Waals surface area (Å²) in [6.45, 7) is 0.0708. The highest BCUT2D eigenvalue weighted by Gasteiger charge is 2.18. The summed E-state index contributed by atoms with van der Waals surface area (Å²) >= 11 is 6.01. The Labute approximate surface area is 130 Å². The van der Waals surface area contributed by atoms with Crippen LogP contribution in [0.2, 0.25) is 5.02 Å². The molecule has 6 heteroatoms. The number of benzene rings is 2. The molecule has 0 aliphatic heterocycles. The molecule has 3 rings (SSSR count). The number of nitrogens with zero attached hydrogens (tertiary/aromatic N) is 1. The summed E-state index contributed by atoms with van der Waals surface area (Å²) in [5, 5.41) is 6.92. The molecule has 0 fully saturated rings. The van der Waals surface area contributed by atoms with E-state index in [9.17, 15) is 9.59 Å². The second-order valence-corrected chi connectivity index (χ2v) is 5.03. The Hall–Kier alpha value is -2.66. The van der Waals surface area contributed by atoms with Crippen LogP contribution in [0.25, 0.3) is 10.9 Å². The summed E-state index contributed by atoms with van der Waals surface area (Å²) in [6.07, 6.45) is 0. The van der Waals surface area contributed by atoms with Gasteiger partial charge in [-0.15, -0.1) is 0 Å². The molecule has 1 N–H and O–H groups in total. The predicted molar refractivity (Wildman–Crippen MR) is 82.9 cm³/mol. The lowest BCUT2D eigenvalue weighted by molar-refractivity contribution is 0.0463. The van der Waals surface area contributed by atoms with Crippen molar-refractivity contribution in [3.63, 3.8) is 0 Å². The first-order valence-electron chi connectivity index (χ1n) is 6.55. The van der Waals surface area contributed by atoms with Crippen molar-refractivity contribution in [3.8, 4) is 0 Å². The molecule has 0 bridgehead atoms. The largest absolute Gasteiger partial charge is 0.456 e. The van der Waals surface area contributed by atoms with E-state index in [4.69, 9.17) is 16.3 Å². The van der Waals surface area contributed by atoms with Crippen molar-refractivity contribution in [1.82, 2.24) is 10.2 Å². The van der Waals surface area contributed by atoms with Gasteiger partial charge in [-0.05, 0) is 17.7 Å². The van der Waals surface area contributed by atoms with Crippen LogP contribution in [0.5, 0.6) is 0 Å². The van der Waals surface area contributed by atoms with Crippen LogP contribution in [0.1, 0.15) is 16.1 Å². The van der Waals surface area contributed by atoms with Gasteiger partial charge in [0.15, 0.2) is 0 Å². The molecule has 110 valence electrons. The van der Waals surface area contributed by atoms with Gasteiger partial charge < -0.3 is 4.74 Å². The zero-order chi connectivity index (χ0) is 15.5. The van der Waals surface area contributed by atoms with Crippen molar-refractivity contribution in [2.75, 3.05) is 0 Å². The van der Waals surface area contributed by atoms with E-state index in [1.54, 1.807) is 18.2 Å². The highest BCUT2D eigenvalue weighted by atomic mass is 35.5. The summed E-state index contributed by atoms with van der Waals surface area (Å²) in [5.41, 5.74) is 0.442. The fourth-order valence-electron chi connectivity index (χ4n) is 2.06. The molecule has 0 atom stereocenters. The molecule has 0 unspecified atom stereocenters. The zero-order valence-electron chi connectivity index (χ0n) is 11.4. The van der Waals surface area contributed by atoms with E-state index in [1.165, 1.54) is 0 Å². The third kappa shape index (κ3) is 2.71. The lowest BCUT2D eigenvalue weighted by atomic mass is 10.2. The molecule has 0 aliphatic rings. The average Bonchev–Trinajstić information content (AvgIpc) is 2.54. The van der Waals surface area contributed by atoms with Crippen LogP contribution in [0.4, 0.5) is 0 Å². The summed E-state index contributed by atoms with van der Waals surface area (Å²) in [4.78, 5) is 24.4. The topological polar surface area (TPSA) is 72.0 Å². The summed E-state index contributed by atoms with van der Waals surface area (Å²) in [5.74, 6) is -0.785. The van der Waals surface area contributed by atoms with Crippen molar-refractivity contribution < 1.29 is 9.53 Å². The molecule has 0 amide bonds. The van der Waals surface area contributed by atoms with E-state index in [0.29, 0.717) is 5.52 Å². The number of hydrogen-bond donors (Lipinski definition) is 1. The van der Waals surface area contributed by atoms with E-state index in [2.05, 4.69) is 10.2 Å². The molecule has 0 aliphatic carbocycles. The van der Waals surface area contributed by atoms with Crippen molar-refractivity contribution in [2.24, 2.45) is 0 Å². The molecule has 0 saturated heterocycles. The van der Waals surface area contributed by atoms with Crippen LogP contribution < -0.4 is 5.43 Å². The molecule has 0 saturated carbocycles. The van der Waals surface area contributed by atoms with Crippen LogP contribution in [0.3, 0.4) is 0 Å². The fourth-order valence-corrected chi connectivity index (χ4v) is 2.32. The van der Waals surface area contributed by atoms with Gasteiger partial charge >= 0.3 is 5.97 Å². The minimum atomic E-state index is -0.785. The summed E-state index contributed by atoms with van der Waals surface area (Å²) in [6, 6.07) is 14.1. The molecule has 3 aromatic rings. The normalized spacial score (nSPS) is 10.6. The van der Waals surface area contributed by atoms with Crippen LogP contribution in [-0.2, 0) is 11.3 Å². The number of rotatable bonds is 3. The van der Waals surface area contributed by atoms with Gasteiger partial charge in [-0.3, -0.25) is 9.89 Å². The molecule has 22 heavy (non-hydrogen) atoms. The number of hydrogen-bond acceptors (Lipinski definition) is 4. The van der Waals surface area contributed by atoms with Gasteiger partial charge in [-0.2, -0.15) is 5.10 Å². The second-order valence-electron chi connectivity index (χ2n) is 4.63. The lowest BCUT2D eigenvalue weighted by Gasteiger charge is -2.05. The van der Waals surface area contributed by atoms with E-state index < -0.39 is 11.4 Å². The van der Waals surface area contributed by atoms with Crippen LogP contribution in [0.15, 0.2) is 53.3 Å². The van der Waals surface area contributed by atoms with E-state index >= 15 is 0 Å². The van der Waals surface area contributed by atoms with E-state index in [-0.39, 0.29) is 22.7 Å². The molecule has 1 aromatic heterocycles. The van der Waals surface area contributed by atoms with Gasteiger partial charge in [0.25, 0.3) is 0 Å². The summed E-state index contributed by atoms with van der Waals surface area (Å²) in [7, 11) is 0. The fraction of sp³-hybridized carbons (Fsp3) is 0.0625. The Balaban J connectivity index is 1.90. The number of fused-ring (bicyclic) bond motifs is 1. The van der Waals surface area contributed by atoms with Crippen molar-refractivity contribution in [1.29, 1.82) is 0 Å². The number of nitrogens with one attached hydrogen (secondary N) is 1. The first kappa shape index (κ1) is 14.3. The molecular weight excluding hydrogens is 304 g/mol. The number of carbonyl (C=O) groups is 1. The van der Waals surface area contributed by atoms with Gasteiger partial charge in [0.1, 0.15) is 6.61 Å². The van der Waals surface area contributed by atoms with Crippen molar-refractivity contribution in [2.45, 2.75) is 6.61 Å². The SMILES string of the molecule is O=C(OCc1ccccc1)c1n[nH]c2cccc(Cl)c2c1=O. The second kappa shape index (κ2) is 5.99. The highest BCUT2D eigenvalue weighted by Crippen LogP contribution is 2.18. The first-order chi connectivity index (χ1) is 10.7. The van der Waals surface area contributed by atoms with Gasteiger partial charge in [0.2, 0.25) is 11.1 Å². The Kier molecular flexibility index (Phi) is 3.89. The molecule has 5 nitrogen and oxygen atoms in total. The van der Waals surface area contributed by atoms with Gasteiger partial charge in [-0.1, -0.05) is 48.0 Å². The number of carbonyl (C=O) groups excluding carboxylic acids is 1. The summed E-state index contributed by atoms with van der Waals surface area (Å²) < 4.78 is 5.12. The van der Waals surface area contributed by atoms with Crippen molar-refractivity contribution in [3.05, 3.63) is 75.0 Å². The molecule has 0 spiro atoms. The van der Waals surface area contributed by atoms with Gasteiger partial charge in [0.05, 0.1) is 15.9 Å². The quantitative estimate of drug-likeness (QED) is 0.754. The predicted octanol–water partition coefficient (Wildman–Crippen LogP) is 2.93. The first-order valence-corrected chi connectivity index (χ1v) is 6.92. The van der Waals surface area contributed by atoms with Gasteiger partial charge in [0, 0.05) is 0 Å². The Bertz CT molecular complexity index is 891. The number of H-pyrrole nitrogens is 1. The van der Waals surface area contributed by atoms with Crippen LogP contribution in [-0.4, -0.2) is 16.2 Å². The molecular formula is C16H11ClN2O3. The number of halogens is 1. The third-order valence-corrected chi connectivity index (χ3v) is 3.46. The minimum absolute atomic E-state index is 0.0708. The van der Waals surface area contributed by atoms with Crippen LogP contribution in [0, 0.1) is 0 Å². The maximum Gasteiger partial charge on any atom is 0.363 e. The smallest absolute Gasteiger partial charge is 0.363 e. The van der Waals surface area contributed by atoms with Gasteiger partial charge in [-0.25, -0.2) is 4.79 Å². The molecule has 0 radical (unpaired) electrons. The molecule has 2 aromatic carbocycles. The van der Waals surface area contributed by atoms with Crippen molar-refractivity contribution >= 4 is 28.5 Å². The number of esters is 1. The zero-order valence-corrected chi connectivity index (χ0v) is 12.1. The number of ether oxygens (including phenoxy) is 1. The minimum Gasteiger partial charge on any atom is -0.456 e. The number of aromatic amines is 1. The number of aromatic nitrogens is 2. The highest BCUT2D eigenvalue weighted by molar-refractivity contribution is 6.35. The Morgan fingerprint density at radius 3 is 2.68 bits per heavy atom. The van der Waals surface area contributed by atoms with E-state index in [0.717, 1.165) is 5.56 Å². The Morgan fingerprint density at radius 1 is 1.14 bits per heavy atom. The van der Waals surface area contributed by atoms with Crippen LogP contribution >= 0.6 is 11.6 Å². The standard InChI is InChI=1S/C16H11ClN2O3/c17-11-7-4-8-12-13(11)15(20)14(19-18-12)16(21)22-9-10-5-2-1-3-6-10/h1-8H,9H2,(H,18,20). The monoisotopic (exact) mass is 314 g/mol. The third-order valence-electron chi connectivity index (χ3n) is 3.15. The maximum atomic E-state index is 12.3.